The summed E-state index contributed by atoms with van der Waals surface area (Å²) in [7, 11) is 0. The molecule has 1 unspecified atom stereocenters. The predicted octanol–water partition coefficient (Wildman–Crippen LogP) is 3.83. The van der Waals surface area contributed by atoms with Crippen LogP contribution in [0.5, 0.6) is 0 Å². The third kappa shape index (κ3) is 5.99. The van der Waals surface area contributed by atoms with E-state index in [9.17, 15) is 4.79 Å². The van der Waals surface area contributed by atoms with Crippen molar-refractivity contribution in [3.8, 4) is 0 Å². The summed E-state index contributed by atoms with van der Waals surface area (Å²) in [6.45, 7) is 0. The Morgan fingerprint density at radius 1 is 1.24 bits per heavy atom. The number of carboxylic acid groups (broad SMARTS) is 1. The lowest BCUT2D eigenvalue weighted by Crippen LogP contribution is -2.12. The summed E-state index contributed by atoms with van der Waals surface area (Å²) in [5.74, 6) is -0.828. The lowest BCUT2D eigenvalue weighted by Gasteiger charge is -2.05. The molecule has 0 aliphatic rings. The largest absolute Gasteiger partial charge is 0.480 e. The highest BCUT2D eigenvalue weighted by atomic mass is 35.5. The molecule has 0 saturated carbocycles. The second kappa shape index (κ2) is 7.62. The first-order chi connectivity index (χ1) is 8.09. The zero-order chi connectivity index (χ0) is 12.7. The van der Waals surface area contributed by atoms with Crippen molar-refractivity contribution in [3.63, 3.8) is 0 Å². The number of aryl methyl sites for hydroxylation is 1. The van der Waals surface area contributed by atoms with Crippen LogP contribution >= 0.6 is 24.2 Å². The van der Waals surface area contributed by atoms with E-state index in [1.807, 2.05) is 24.3 Å². The highest BCUT2D eigenvalue weighted by Gasteiger charge is 2.10. The summed E-state index contributed by atoms with van der Waals surface area (Å²) in [4.78, 5) is 10.5. The second-order valence-corrected chi connectivity index (χ2v) is 5.14. The Morgan fingerprint density at radius 2 is 1.88 bits per heavy atom. The van der Waals surface area contributed by atoms with E-state index in [1.165, 1.54) is 5.56 Å². The van der Waals surface area contributed by atoms with Gasteiger partial charge in [0.15, 0.2) is 0 Å². The Hall–Kier alpha value is -0.670. The van der Waals surface area contributed by atoms with Crippen LogP contribution < -0.4 is 0 Å². The Morgan fingerprint density at radius 3 is 2.47 bits per heavy atom. The minimum Gasteiger partial charge on any atom is -0.480 e. The molecule has 0 aliphatic heterocycles. The van der Waals surface area contributed by atoms with Crippen LogP contribution in [0.2, 0.25) is 5.02 Å². The van der Waals surface area contributed by atoms with Crippen LogP contribution in [-0.4, -0.2) is 16.3 Å². The van der Waals surface area contributed by atoms with E-state index in [0.29, 0.717) is 6.42 Å². The molecule has 2 nitrogen and oxygen atoms in total. The zero-order valence-electron chi connectivity index (χ0n) is 9.60. The van der Waals surface area contributed by atoms with Crippen LogP contribution in [0.3, 0.4) is 0 Å². The topological polar surface area (TPSA) is 37.3 Å². The molecule has 17 heavy (non-hydrogen) atoms. The van der Waals surface area contributed by atoms with Crippen molar-refractivity contribution >= 4 is 30.2 Å². The van der Waals surface area contributed by atoms with Gasteiger partial charge < -0.3 is 5.11 Å². The van der Waals surface area contributed by atoms with Gasteiger partial charge in [0.05, 0.1) is 5.25 Å². The average Bonchev–Trinajstić information content (AvgIpc) is 2.30. The Bertz CT molecular complexity index is 351. The van der Waals surface area contributed by atoms with E-state index in [0.717, 1.165) is 30.7 Å². The van der Waals surface area contributed by atoms with Gasteiger partial charge in [0, 0.05) is 5.02 Å². The molecule has 94 valence electrons. The van der Waals surface area contributed by atoms with Crippen LogP contribution in [0.25, 0.3) is 0 Å². The predicted molar refractivity (Wildman–Crippen MR) is 74.0 cm³/mol. The number of halogens is 1. The van der Waals surface area contributed by atoms with E-state index in [1.54, 1.807) is 0 Å². The van der Waals surface area contributed by atoms with Crippen molar-refractivity contribution in [1.29, 1.82) is 0 Å². The highest BCUT2D eigenvalue weighted by Crippen LogP contribution is 2.14. The number of aliphatic carboxylic acids is 1. The molecule has 0 saturated heterocycles. The second-order valence-electron chi connectivity index (χ2n) is 4.08. The molecule has 0 fully saturated rings. The van der Waals surface area contributed by atoms with E-state index in [4.69, 9.17) is 16.7 Å². The molecule has 1 N–H and O–H groups in total. The number of benzene rings is 1. The number of hydrogen-bond acceptors (Lipinski definition) is 2. The first kappa shape index (κ1) is 14.4. The quantitative estimate of drug-likeness (QED) is 0.585. The zero-order valence-corrected chi connectivity index (χ0v) is 11.3. The maximum atomic E-state index is 10.5. The number of unbranched alkanes of at least 4 members (excludes halogenated alkanes) is 2. The van der Waals surface area contributed by atoms with Crippen molar-refractivity contribution in [2.45, 2.75) is 37.4 Å². The lowest BCUT2D eigenvalue weighted by molar-refractivity contribution is -0.136. The molecule has 0 bridgehead atoms. The van der Waals surface area contributed by atoms with Crippen LogP contribution in [-0.2, 0) is 11.2 Å². The molecule has 0 aliphatic carbocycles. The summed E-state index contributed by atoms with van der Waals surface area (Å²) in [6.07, 6.45) is 4.67. The van der Waals surface area contributed by atoms with E-state index in [2.05, 4.69) is 12.6 Å². The molecule has 1 rings (SSSR count). The molecule has 0 amide bonds. The van der Waals surface area contributed by atoms with Gasteiger partial charge in [-0.1, -0.05) is 36.6 Å². The van der Waals surface area contributed by atoms with E-state index in [-0.39, 0.29) is 0 Å². The maximum Gasteiger partial charge on any atom is 0.316 e. The van der Waals surface area contributed by atoms with Crippen LogP contribution in [0.4, 0.5) is 0 Å². The molecule has 0 heterocycles. The summed E-state index contributed by atoms with van der Waals surface area (Å²) in [6, 6.07) is 7.85. The maximum absolute atomic E-state index is 10.5. The molecule has 1 aromatic rings. The summed E-state index contributed by atoms with van der Waals surface area (Å²) in [5, 5.41) is 8.89. The SMILES string of the molecule is O=C(O)C(S)CCCCCc1ccc(Cl)cc1. The van der Waals surface area contributed by atoms with Gasteiger partial charge in [0.1, 0.15) is 0 Å². The molecule has 0 radical (unpaired) electrons. The Balaban J connectivity index is 2.12. The number of thiol groups is 1. The fourth-order valence-electron chi connectivity index (χ4n) is 1.62. The van der Waals surface area contributed by atoms with Gasteiger partial charge in [0.2, 0.25) is 0 Å². The number of hydrogen-bond donors (Lipinski definition) is 2. The summed E-state index contributed by atoms with van der Waals surface area (Å²) in [5.41, 5.74) is 1.27. The first-order valence-electron chi connectivity index (χ1n) is 5.75. The van der Waals surface area contributed by atoms with Gasteiger partial charge in [0.25, 0.3) is 0 Å². The van der Waals surface area contributed by atoms with Crippen molar-refractivity contribution in [1.82, 2.24) is 0 Å². The minimum absolute atomic E-state index is 0.523. The van der Waals surface area contributed by atoms with E-state index >= 15 is 0 Å². The molecule has 0 spiro atoms. The smallest absolute Gasteiger partial charge is 0.316 e. The number of carbonyl (C=O) groups is 1. The normalized spacial score (nSPS) is 12.4. The van der Waals surface area contributed by atoms with Gasteiger partial charge in [-0.3, -0.25) is 4.79 Å². The van der Waals surface area contributed by atoms with Crippen LogP contribution in [0, 0.1) is 0 Å². The Kier molecular flexibility index (Phi) is 6.45. The van der Waals surface area contributed by atoms with Gasteiger partial charge in [-0.2, -0.15) is 12.6 Å². The third-order valence-electron chi connectivity index (χ3n) is 2.64. The monoisotopic (exact) mass is 272 g/mol. The lowest BCUT2D eigenvalue weighted by atomic mass is 10.1. The minimum atomic E-state index is -0.828. The van der Waals surface area contributed by atoms with Crippen molar-refractivity contribution in [2.24, 2.45) is 0 Å². The van der Waals surface area contributed by atoms with Gasteiger partial charge >= 0.3 is 5.97 Å². The van der Waals surface area contributed by atoms with Crippen molar-refractivity contribution in [2.75, 3.05) is 0 Å². The fourth-order valence-corrected chi connectivity index (χ4v) is 1.93. The average molecular weight is 273 g/mol. The Labute approximate surface area is 112 Å². The highest BCUT2D eigenvalue weighted by molar-refractivity contribution is 7.81. The van der Waals surface area contributed by atoms with Crippen molar-refractivity contribution in [3.05, 3.63) is 34.9 Å². The molecular formula is C13H17ClO2S. The van der Waals surface area contributed by atoms with Crippen LogP contribution in [0.1, 0.15) is 31.2 Å². The first-order valence-corrected chi connectivity index (χ1v) is 6.64. The van der Waals surface area contributed by atoms with Gasteiger partial charge in [-0.05, 0) is 37.0 Å². The fraction of sp³-hybridized carbons (Fsp3) is 0.462. The summed E-state index contributed by atoms with van der Waals surface area (Å²) >= 11 is 9.79. The number of rotatable bonds is 7. The molecule has 1 aromatic carbocycles. The van der Waals surface area contributed by atoms with Gasteiger partial charge in [-0.15, -0.1) is 0 Å². The van der Waals surface area contributed by atoms with Crippen LogP contribution in [0.15, 0.2) is 24.3 Å². The molecular weight excluding hydrogens is 256 g/mol. The summed E-state index contributed by atoms with van der Waals surface area (Å²) < 4.78 is 0. The molecule has 4 heteroatoms. The van der Waals surface area contributed by atoms with Crippen molar-refractivity contribution < 1.29 is 9.90 Å². The standard InChI is InChI=1S/C13H17ClO2S/c14-11-8-6-10(7-9-11)4-2-1-3-5-12(17)13(15)16/h6-9,12,17H,1-5H2,(H,15,16). The third-order valence-corrected chi connectivity index (χ3v) is 3.37. The van der Waals surface area contributed by atoms with E-state index < -0.39 is 11.2 Å². The molecule has 0 aromatic heterocycles. The number of carboxylic acids is 1. The van der Waals surface area contributed by atoms with Gasteiger partial charge in [-0.25, -0.2) is 0 Å². The molecule has 1 atom stereocenters.